The molecule has 3 heterocycles. The Labute approximate surface area is 289 Å². The zero-order valence-electron chi connectivity index (χ0n) is 29.5. The maximum Gasteiger partial charge on any atom is 0.228 e. The zero-order chi connectivity index (χ0) is 34.7. The van der Waals surface area contributed by atoms with Crippen LogP contribution in [0.15, 0.2) is 83.6 Å². The van der Waals surface area contributed by atoms with Crippen LogP contribution in [0.3, 0.4) is 0 Å². The summed E-state index contributed by atoms with van der Waals surface area (Å²) in [5.74, 6) is 0.783. The molecule has 0 aliphatic carbocycles. The van der Waals surface area contributed by atoms with Crippen LogP contribution in [0.5, 0.6) is 0 Å². The third-order valence-electron chi connectivity index (χ3n) is 9.68. The van der Waals surface area contributed by atoms with Crippen LogP contribution in [0.4, 0.5) is 22.7 Å². The molecule has 0 radical (unpaired) electrons. The highest BCUT2D eigenvalue weighted by Gasteiger charge is 2.22. The van der Waals surface area contributed by atoms with Gasteiger partial charge in [-0.05, 0) is 110 Å². The van der Waals surface area contributed by atoms with Gasteiger partial charge in [0.1, 0.15) is 5.76 Å². The molecule has 3 aromatic carbocycles. The van der Waals surface area contributed by atoms with Crippen molar-refractivity contribution in [2.45, 2.75) is 67.0 Å². The number of aryl methyl sites for hydroxylation is 5. The predicted octanol–water partition coefficient (Wildman–Crippen LogP) is 8.21. The number of fused-ring (bicyclic) bond motifs is 1. The summed E-state index contributed by atoms with van der Waals surface area (Å²) >= 11 is 0. The second-order valence-electron chi connectivity index (χ2n) is 13.3. The third-order valence-corrected chi connectivity index (χ3v) is 9.68. The monoisotopic (exact) mass is 657 g/mol. The van der Waals surface area contributed by atoms with Crippen molar-refractivity contribution in [3.63, 3.8) is 0 Å². The Bertz CT molecular complexity index is 1910. The molecule has 2 aromatic heterocycles. The number of hydrogen-bond acceptors (Lipinski definition) is 5. The molecule has 1 aliphatic heterocycles. The number of amides is 2. The van der Waals surface area contributed by atoms with E-state index in [1.807, 2.05) is 26.0 Å². The standard InChI is InChI=1S/C41H47N5O3/c1-7-44(6)33-21-27(2)41(28(3)22-33)43-39(48)25-31-10-12-32(13-11-31)36-16-17-45-18-19-46(26-37(36)45)34-23-29(4)40(30(5)24-34)42-38(47)15-14-35-9-8-20-49-35/h8-13,16-17,20-24H,7,14-15,18-19,25-26H2,1-6H3,(H,42,47)(H,43,48). The molecule has 6 rings (SSSR count). The van der Waals surface area contributed by atoms with Gasteiger partial charge < -0.3 is 29.4 Å². The lowest BCUT2D eigenvalue weighted by Gasteiger charge is -2.32. The smallest absolute Gasteiger partial charge is 0.228 e. The van der Waals surface area contributed by atoms with E-state index in [0.717, 1.165) is 88.1 Å². The highest BCUT2D eigenvalue weighted by atomic mass is 16.3. The van der Waals surface area contributed by atoms with Crippen LogP contribution < -0.4 is 20.4 Å². The molecular weight excluding hydrogens is 610 g/mol. The van der Waals surface area contributed by atoms with E-state index in [1.54, 1.807) is 6.26 Å². The van der Waals surface area contributed by atoms with Crippen molar-refractivity contribution in [3.05, 3.63) is 118 Å². The van der Waals surface area contributed by atoms with Gasteiger partial charge in [0.25, 0.3) is 0 Å². The van der Waals surface area contributed by atoms with Crippen molar-refractivity contribution in [1.29, 1.82) is 0 Å². The molecular formula is C41H47N5O3. The van der Waals surface area contributed by atoms with Gasteiger partial charge >= 0.3 is 0 Å². The van der Waals surface area contributed by atoms with E-state index in [1.165, 1.54) is 11.3 Å². The second-order valence-corrected chi connectivity index (χ2v) is 13.3. The molecule has 8 heteroatoms. The molecule has 0 saturated heterocycles. The van der Waals surface area contributed by atoms with Gasteiger partial charge in [0.05, 0.1) is 19.2 Å². The highest BCUT2D eigenvalue weighted by molar-refractivity contribution is 5.94. The maximum absolute atomic E-state index is 13.1. The van der Waals surface area contributed by atoms with Gasteiger partial charge in [-0.1, -0.05) is 24.3 Å². The fourth-order valence-corrected chi connectivity index (χ4v) is 6.79. The first kappa shape index (κ1) is 33.7. The van der Waals surface area contributed by atoms with Crippen molar-refractivity contribution in [2.75, 3.05) is 40.6 Å². The largest absolute Gasteiger partial charge is 0.469 e. The molecule has 0 bridgehead atoms. The van der Waals surface area contributed by atoms with Crippen LogP contribution in [0.25, 0.3) is 11.1 Å². The highest BCUT2D eigenvalue weighted by Crippen LogP contribution is 2.34. The Morgan fingerprint density at radius 2 is 1.49 bits per heavy atom. The molecule has 0 fully saturated rings. The van der Waals surface area contributed by atoms with Crippen LogP contribution in [-0.4, -0.2) is 36.5 Å². The van der Waals surface area contributed by atoms with Gasteiger partial charge in [-0.25, -0.2) is 0 Å². The lowest BCUT2D eigenvalue weighted by molar-refractivity contribution is -0.116. The van der Waals surface area contributed by atoms with Crippen molar-refractivity contribution in [1.82, 2.24) is 4.57 Å². The first-order valence-electron chi connectivity index (χ1n) is 17.2. The van der Waals surface area contributed by atoms with Gasteiger partial charge in [0, 0.05) is 79.7 Å². The van der Waals surface area contributed by atoms with E-state index in [9.17, 15) is 9.59 Å². The second kappa shape index (κ2) is 14.5. The fraction of sp³-hybridized carbons (Fsp3) is 0.317. The van der Waals surface area contributed by atoms with Crippen LogP contribution in [0.2, 0.25) is 0 Å². The quantitative estimate of drug-likeness (QED) is 0.150. The number of anilines is 4. The molecule has 8 nitrogen and oxygen atoms in total. The number of aromatic nitrogens is 1. The Kier molecular flexibility index (Phi) is 9.95. The van der Waals surface area contributed by atoms with E-state index < -0.39 is 0 Å². The number of hydrogen-bond donors (Lipinski definition) is 2. The van der Waals surface area contributed by atoms with Gasteiger partial charge in [-0.15, -0.1) is 0 Å². The Balaban J connectivity index is 1.10. The molecule has 5 aromatic rings. The molecule has 2 N–H and O–H groups in total. The summed E-state index contributed by atoms with van der Waals surface area (Å²) < 4.78 is 7.71. The van der Waals surface area contributed by atoms with E-state index in [-0.39, 0.29) is 11.8 Å². The number of carbonyl (C=O) groups is 2. The van der Waals surface area contributed by atoms with Gasteiger partial charge in [-0.2, -0.15) is 0 Å². The Morgan fingerprint density at radius 3 is 2.12 bits per heavy atom. The molecule has 0 unspecified atom stereocenters. The van der Waals surface area contributed by atoms with Gasteiger partial charge in [0.15, 0.2) is 0 Å². The maximum atomic E-state index is 13.1. The topological polar surface area (TPSA) is 82.8 Å². The molecule has 49 heavy (non-hydrogen) atoms. The van der Waals surface area contributed by atoms with Gasteiger partial charge in [0.2, 0.25) is 11.8 Å². The first-order chi connectivity index (χ1) is 23.6. The van der Waals surface area contributed by atoms with Crippen molar-refractivity contribution in [2.24, 2.45) is 0 Å². The van der Waals surface area contributed by atoms with Crippen molar-refractivity contribution >= 4 is 34.6 Å². The van der Waals surface area contributed by atoms with Crippen LogP contribution >= 0.6 is 0 Å². The summed E-state index contributed by atoms with van der Waals surface area (Å²) in [5.41, 5.74) is 12.9. The lowest BCUT2D eigenvalue weighted by Crippen LogP contribution is -2.33. The van der Waals surface area contributed by atoms with E-state index in [0.29, 0.717) is 19.3 Å². The summed E-state index contributed by atoms with van der Waals surface area (Å²) in [6, 6.07) is 22.9. The van der Waals surface area contributed by atoms with E-state index >= 15 is 0 Å². The third kappa shape index (κ3) is 7.59. The minimum absolute atomic E-state index is 0.0158. The predicted molar refractivity (Wildman–Crippen MR) is 200 cm³/mol. The number of rotatable bonds is 11. The number of nitrogens with zero attached hydrogens (tertiary/aromatic N) is 3. The summed E-state index contributed by atoms with van der Waals surface area (Å²) in [6.07, 6.45) is 5.08. The van der Waals surface area contributed by atoms with Crippen LogP contribution in [0.1, 0.15) is 52.6 Å². The van der Waals surface area contributed by atoms with E-state index in [4.69, 9.17) is 4.42 Å². The van der Waals surface area contributed by atoms with Crippen molar-refractivity contribution < 1.29 is 14.0 Å². The molecule has 0 spiro atoms. The molecule has 2 amide bonds. The lowest BCUT2D eigenvalue weighted by atomic mass is 10.0. The number of carbonyl (C=O) groups excluding carboxylic acids is 2. The summed E-state index contributed by atoms with van der Waals surface area (Å²) in [6.45, 7) is 13.9. The fourth-order valence-electron chi connectivity index (χ4n) is 6.79. The minimum Gasteiger partial charge on any atom is -0.469 e. The number of nitrogens with one attached hydrogen (secondary N) is 2. The summed E-state index contributed by atoms with van der Waals surface area (Å²) in [7, 11) is 2.08. The number of furan rings is 1. The Morgan fingerprint density at radius 1 is 0.837 bits per heavy atom. The van der Waals surface area contributed by atoms with Crippen LogP contribution in [-0.2, 0) is 35.5 Å². The number of benzene rings is 3. The normalized spacial score (nSPS) is 12.5. The SMILES string of the molecule is CCN(C)c1cc(C)c(NC(=O)Cc2ccc(-c3ccn4c3CN(c3cc(C)c(NC(=O)CCc5ccco5)c(C)c3)CC4)cc2)c(C)c1. The average molecular weight is 658 g/mol. The van der Waals surface area contributed by atoms with Crippen molar-refractivity contribution in [3.8, 4) is 11.1 Å². The summed E-state index contributed by atoms with van der Waals surface area (Å²) in [5, 5.41) is 6.28. The first-order valence-corrected chi connectivity index (χ1v) is 17.2. The van der Waals surface area contributed by atoms with Crippen LogP contribution in [0, 0.1) is 27.7 Å². The Hall–Kier alpha value is -5.24. The summed E-state index contributed by atoms with van der Waals surface area (Å²) in [4.78, 5) is 30.4. The average Bonchev–Trinajstić information content (AvgIpc) is 3.77. The minimum atomic E-state index is -0.0162. The molecule has 254 valence electrons. The molecule has 1 aliphatic rings. The van der Waals surface area contributed by atoms with E-state index in [2.05, 4.69) is 114 Å². The molecule has 0 saturated carbocycles. The zero-order valence-corrected chi connectivity index (χ0v) is 29.5. The van der Waals surface area contributed by atoms with Gasteiger partial charge in [-0.3, -0.25) is 9.59 Å². The molecule has 0 atom stereocenters.